The van der Waals surface area contributed by atoms with E-state index in [1.165, 1.54) is 0 Å². The lowest BCUT2D eigenvalue weighted by Gasteiger charge is -2.11. The van der Waals surface area contributed by atoms with Crippen LogP contribution >= 0.6 is 0 Å². The van der Waals surface area contributed by atoms with Gasteiger partial charge in [0.15, 0.2) is 0 Å². The Morgan fingerprint density at radius 2 is 2.07 bits per heavy atom. The first kappa shape index (κ1) is 17.6. The molecule has 7 heteroatoms. The van der Waals surface area contributed by atoms with Crippen molar-refractivity contribution in [3.63, 3.8) is 0 Å². The second-order valence-corrected chi connectivity index (χ2v) is 7.32. The number of aromatic nitrogens is 5. The highest BCUT2D eigenvalue weighted by molar-refractivity contribution is 5.82. The standard InChI is InChI=1S/C22H21N5O2/c1-27-12-15(10-25-27)18-9-21-20(4-3-7-23-21)26-22(18)29-13-14-8-17(14)19-6-5-16(28-2)11-24-19/h3-7,9-12,14,17H,8,13H2,1-2H3/t14-,17+/m1/s1. The van der Waals surface area contributed by atoms with Gasteiger partial charge in [0.05, 0.1) is 37.1 Å². The SMILES string of the molecule is COc1ccc([C@H]2C[C@@H]2COc2nc3cccnc3cc2-c2cnn(C)c2)nc1. The van der Waals surface area contributed by atoms with Crippen LogP contribution in [0, 0.1) is 5.92 Å². The quantitative estimate of drug-likeness (QED) is 0.503. The molecule has 7 nitrogen and oxygen atoms in total. The molecule has 4 aromatic rings. The molecule has 0 N–H and O–H groups in total. The molecular weight excluding hydrogens is 366 g/mol. The zero-order chi connectivity index (χ0) is 19.8. The van der Waals surface area contributed by atoms with Gasteiger partial charge in [-0.3, -0.25) is 14.6 Å². The molecule has 0 radical (unpaired) electrons. The fourth-order valence-electron chi connectivity index (χ4n) is 3.57. The monoisotopic (exact) mass is 387 g/mol. The zero-order valence-corrected chi connectivity index (χ0v) is 16.3. The van der Waals surface area contributed by atoms with Crippen molar-refractivity contribution in [3.05, 3.63) is 60.8 Å². The molecule has 0 unspecified atom stereocenters. The van der Waals surface area contributed by atoms with Gasteiger partial charge in [-0.1, -0.05) is 0 Å². The molecule has 0 amide bonds. The predicted octanol–water partition coefficient (Wildman–Crippen LogP) is 3.62. The molecule has 146 valence electrons. The first-order chi connectivity index (χ1) is 14.2. The van der Waals surface area contributed by atoms with Crippen molar-refractivity contribution >= 4 is 11.0 Å². The third-order valence-corrected chi connectivity index (χ3v) is 5.30. The van der Waals surface area contributed by atoms with E-state index in [1.807, 2.05) is 49.8 Å². The average molecular weight is 387 g/mol. The van der Waals surface area contributed by atoms with Crippen LogP contribution in [0.5, 0.6) is 11.6 Å². The van der Waals surface area contributed by atoms with Crippen LogP contribution in [0.25, 0.3) is 22.2 Å². The van der Waals surface area contributed by atoms with Gasteiger partial charge < -0.3 is 9.47 Å². The van der Waals surface area contributed by atoms with Crippen molar-refractivity contribution in [3.8, 4) is 22.8 Å². The summed E-state index contributed by atoms with van der Waals surface area (Å²) >= 11 is 0. The molecule has 1 fully saturated rings. The minimum atomic E-state index is 0.421. The molecular formula is C22H21N5O2. The van der Waals surface area contributed by atoms with E-state index in [2.05, 4.69) is 15.1 Å². The number of pyridine rings is 3. The number of methoxy groups -OCH3 is 1. The number of aryl methyl sites for hydroxylation is 1. The van der Waals surface area contributed by atoms with Gasteiger partial charge in [-0.05, 0) is 36.8 Å². The molecule has 1 saturated carbocycles. The summed E-state index contributed by atoms with van der Waals surface area (Å²) in [6.07, 6.45) is 8.38. The molecule has 4 aromatic heterocycles. The largest absolute Gasteiger partial charge is 0.495 e. The van der Waals surface area contributed by atoms with Crippen molar-refractivity contribution in [1.82, 2.24) is 24.7 Å². The highest BCUT2D eigenvalue weighted by atomic mass is 16.5. The van der Waals surface area contributed by atoms with Crippen LogP contribution in [0.4, 0.5) is 0 Å². The normalized spacial score (nSPS) is 18.0. The summed E-state index contributed by atoms with van der Waals surface area (Å²) in [6, 6.07) is 9.84. The van der Waals surface area contributed by atoms with E-state index in [9.17, 15) is 0 Å². The first-order valence-corrected chi connectivity index (χ1v) is 9.59. The third kappa shape index (κ3) is 3.51. The Morgan fingerprint density at radius 1 is 1.14 bits per heavy atom. The minimum absolute atomic E-state index is 0.421. The Morgan fingerprint density at radius 3 is 2.83 bits per heavy atom. The molecule has 0 saturated heterocycles. The van der Waals surface area contributed by atoms with Crippen molar-refractivity contribution < 1.29 is 9.47 Å². The van der Waals surface area contributed by atoms with E-state index < -0.39 is 0 Å². The highest BCUT2D eigenvalue weighted by Crippen LogP contribution is 2.47. The first-order valence-electron chi connectivity index (χ1n) is 9.59. The molecule has 1 aliphatic carbocycles. The molecule has 0 spiro atoms. The summed E-state index contributed by atoms with van der Waals surface area (Å²) in [7, 11) is 3.55. The van der Waals surface area contributed by atoms with E-state index in [4.69, 9.17) is 14.5 Å². The molecule has 0 aliphatic heterocycles. The Labute approximate surface area is 168 Å². The number of hydrogen-bond donors (Lipinski definition) is 0. The molecule has 29 heavy (non-hydrogen) atoms. The van der Waals surface area contributed by atoms with Crippen LogP contribution in [0.15, 0.2) is 55.1 Å². The lowest BCUT2D eigenvalue weighted by molar-refractivity contribution is 0.288. The van der Waals surface area contributed by atoms with Gasteiger partial charge in [0.25, 0.3) is 0 Å². The number of ether oxygens (including phenoxy) is 2. The van der Waals surface area contributed by atoms with E-state index in [0.717, 1.165) is 40.0 Å². The summed E-state index contributed by atoms with van der Waals surface area (Å²) in [5.74, 6) is 2.25. The van der Waals surface area contributed by atoms with Gasteiger partial charge in [0, 0.05) is 48.1 Å². The summed E-state index contributed by atoms with van der Waals surface area (Å²) in [5.41, 5.74) is 4.61. The Bertz CT molecular complexity index is 1160. The fourth-order valence-corrected chi connectivity index (χ4v) is 3.57. The average Bonchev–Trinajstić information content (AvgIpc) is 3.42. The number of hydrogen-bond acceptors (Lipinski definition) is 6. The summed E-state index contributed by atoms with van der Waals surface area (Å²) in [5, 5.41) is 4.28. The smallest absolute Gasteiger partial charge is 0.222 e. The molecule has 4 heterocycles. The van der Waals surface area contributed by atoms with Crippen LogP contribution in [-0.4, -0.2) is 38.4 Å². The van der Waals surface area contributed by atoms with Gasteiger partial charge in [0.2, 0.25) is 5.88 Å². The maximum absolute atomic E-state index is 6.20. The second-order valence-electron chi connectivity index (χ2n) is 7.32. The second kappa shape index (κ2) is 7.16. The van der Waals surface area contributed by atoms with Gasteiger partial charge in [-0.25, -0.2) is 4.98 Å². The van der Waals surface area contributed by atoms with Crippen LogP contribution in [0.1, 0.15) is 18.0 Å². The van der Waals surface area contributed by atoms with Crippen molar-refractivity contribution in [2.75, 3.05) is 13.7 Å². The third-order valence-electron chi connectivity index (χ3n) is 5.30. The molecule has 0 aromatic carbocycles. The van der Waals surface area contributed by atoms with E-state index in [0.29, 0.717) is 24.3 Å². The van der Waals surface area contributed by atoms with E-state index in [1.54, 1.807) is 24.2 Å². The summed E-state index contributed by atoms with van der Waals surface area (Å²) in [6.45, 7) is 0.602. The molecule has 5 rings (SSSR count). The lowest BCUT2D eigenvalue weighted by Crippen LogP contribution is -2.04. The predicted molar refractivity (Wildman–Crippen MR) is 109 cm³/mol. The Kier molecular flexibility index (Phi) is 4.35. The van der Waals surface area contributed by atoms with Crippen LogP contribution < -0.4 is 9.47 Å². The van der Waals surface area contributed by atoms with Crippen molar-refractivity contribution in [2.45, 2.75) is 12.3 Å². The number of fused-ring (bicyclic) bond motifs is 1. The minimum Gasteiger partial charge on any atom is -0.495 e. The van der Waals surface area contributed by atoms with E-state index in [-0.39, 0.29) is 0 Å². The van der Waals surface area contributed by atoms with Crippen LogP contribution in [0.2, 0.25) is 0 Å². The van der Waals surface area contributed by atoms with Crippen LogP contribution in [0.3, 0.4) is 0 Å². The van der Waals surface area contributed by atoms with Crippen molar-refractivity contribution in [1.29, 1.82) is 0 Å². The Hall–Kier alpha value is -3.48. The molecule has 1 aliphatic rings. The number of nitrogens with zero attached hydrogens (tertiary/aromatic N) is 5. The van der Waals surface area contributed by atoms with Gasteiger partial charge in [-0.2, -0.15) is 5.10 Å². The summed E-state index contributed by atoms with van der Waals surface area (Å²) < 4.78 is 13.2. The highest BCUT2D eigenvalue weighted by Gasteiger charge is 2.40. The fraction of sp³-hybridized carbons (Fsp3) is 0.273. The van der Waals surface area contributed by atoms with Gasteiger partial charge in [-0.15, -0.1) is 0 Å². The molecule has 2 atom stereocenters. The van der Waals surface area contributed by atoms with Crippen molar-refractivity contribution in [2.24, 2.45) is 13.0 Å². The van der Waals surface area contributed by atoms with Gasteiger partial charge in [0.1, 0.15) is 5.75 Å². The maximum Gasteiger partial charge on any atom is 0.222 e. The number of rotatable bonds is 6. The van der Waals surface area contributed by atoms with E-state index >= 15 is 0 Å². The molecule has 0 bridgehead atoms. The van der Waals surface area contributed by atoms with Gasteiger partial charge >= 0.3 is 0 Å². The lowest BCUT2D eigenvalue weighted by atomic mass is 10.1. The zero-order valence-electron chi connectivity index (χ0n) is 16.3. The maximum atomic E-state index is 6.20. The van der Waals surface area contributed by atoms with Crippen LogP contribution in [-0.2, 0) is 7.05 Å². The Balaban J connectivity index is 1.37. The summed E-state index contributed by atoms with van der Waals surface area (Å²) in [4.78, 5) is 13.7. The topological polar surface area (TPSA) is 75.0 Å².